The largest absolute Gasteiger partial charge is 0.306 e. The molecule has 1 nitrogen and oxygen atoms in total. The standard InChI is InChI=1S/C15H21N/c1-3-9-15(10-12-16(2)13-11-15)14-7-5-4-6-8-14/h3-8H,1,9-13H2,2H3. The zero-order valence-corrected chi connectivity index (χ0v) is 10.2. The molecule has 1 heterocycles. The Morgan fingerprint density at radius 3 is 2.44 bits per heavy atom. The Hall–Kier alpha value is -1.08. The highest BCUT2D eigenvalue weighted by molar-refractivity contribution is 5.27. The van der Waals surface area contributed by atoms with Gasteiger partial charge in [-0.1, -0.05) is 36.4 Å². The van der Waals surface area contributed by atoms with Crippen LogP contribution in [0.3, 0.4) is 0 Å². The van der Waals surface area contributed by atoms with Crippen LogP contribution in [0.25, 0.3) is 0 Å². The SMILES string of the molecule is C=CCC1(c2ccccc2)CCN(C)CC1. The third-order valence-corrected chi connectivity index (χ3v) is 3.87. The highest BCUT2D eigenvalue weighted by Gasteiger charge is 2.33. The molecule has 16 heavy (non-hydrogen) atoms. The second kappa shape index (κ2) is 4.84. The van der Waals surface area contributed by atoms with Crippen LogP contribution in [0.2, 0.25) is 0 Å². The number of piperidine rings is 1. The van der Waals surface area contributed by atoms with E-state index in [1.54, 1.807) is 0 Å². The Balaban J connectivity index is 2.25. The van der Waals surface area contributed by atoms with E-state index in [-0.39, 0.29) is 0 Å². The summed E-state index contributed by atoms with van der Waals surface area (Å²) in [6.45, 7) is 6.33. The first-order valence-corrected chi connectivity index (χ1v) is 6.12. The fourth-order valence-corrected chi connectivity index (χ4v) is 2.73. The summed E-state index contributed by atoms with van der Waals surface area (Å²) in [5.41, 5.74) is 1.83. The van der Waals surface area contributed by atoms with E-state index in [0.29, 0.717) is 5.41 Å². The Kier molecular flexibility index (Phi) is 3.45. The van der Waals surface area contributed by atoms with Crippen molar-refractivity contribution in [3.8, 4) is 0 Å². The van der Waals surface area contributed by atoms with Crippen LogP contribution in [0.15, 0.2) is 43.0 Å². The quantitative estimate of drug-likeness (QED) is 0.700. The van der Waals surface area contributed by atoms with Crippen molar-refractivity contribution >= 4 is 0 Å². The van der Waals surface area contributed by atoms with Gasteiger partial charge in [0.05, 0.1) is 0 Å². The van der Waals surface area contributed by atoms with Gasteiger partial charge in [-0.15, -0.1) is 6.58 Å². The zero-order valence-electron chi connectivity index (χ0n) is 10.2. The molecule has 0 atom stereocenters. The maximum Gasteiger partial charge on any atom is 0.00116 e. The van der Waals surface area contributed by atoms with Crippen LogP contribution in [0.4, 0.5) is 0 Å². The minimum Gasteiger partial charge on any atom is -0.306 e. The molecule has 1 heteroatoms. The highest BCUT2D eigenvalue weighted by atomic mass is 15.1. The van der Waals surface area contributed by atoms with Crippen LogP contribution >= 0.6 is 0 Å². The maximum absolute atomic E-state index is 3.93. The Morgan fingerprint density at radius 1 is 1.25 bits per heavy atom. The molecular formula is C15H21N. The van der Waals surface area contributed by atoms with Gasteiger partial charge in [-0.3, -0.25) is 0 Å². The van der Waals surface area contributed by atoms with E-state index >= 15 is 0 Å². The Bertz CT molecular complexity index is 334. The monoisotopic (exact) mass is 215 g/mol. The average molecular weight is 215 g/mol. The van der Waals surface area contributed by atoms with Crippen LogP contribution < -0.4 is 0 Å². The molecule has 1 aromatic carbocycles. The second-order valence-electron chi connectivity index (χ2n) is 4.94. The minimum atomic E-state index is 0.343. The van der Waals surface area contributed by atoms with Gasteiger partial charge in [0, 0.05) is 5.41 Å². The van der Waals surface area contributed by atoms with Crippen molar-refractivity contribution in [2.45, 2.75) is 24.7 Å². The van der Waals surface area contributed by atoms with Crippen LogP contribution in [-0.2, 0) is 5.41 Å². The van der Waals surface area contributed by atoms with Crippen LogP contribution in [0, 0.1) is 0 Å². The van der Waals surface area contributed by atoms with E-state index in [2.05, 4.69) is 54.9 Å². The molecule has 1 aromatic rings. The van der Waals surface area contributed by atoms with E-state index in [0.717, 1.165) is 6.42 Å². The van der Waals surface area contributed by atoms with E-state index in [9.17, 15) is 0 Å². The lowest BCUT2D eigenvalue weighted by Gasteiger charge is -2.40. The molecule has 0 aromatic heterocycles. The highest BCUT2D eigenvalue weighted by Crippen LogP contribution is 2.38. The number of hydrogen-bond acceptors (Lipinski definition) is 1. The number of nitrogens with zero attached hydrogens (tertiary/aromatic N) is 1. The van der Waals surface area contributed by atoms with Gasteiger partial charge >= 0.3 is 0 Å². The summed E-state index contributed by atoms with van der Waals surface area (Å²) < 4.78 is 0. The molecule has 1 fully saturated rings. The summed E-state index contributed by atoms with van der Waals surface area (Å²) in [6, 6.07) is 10.9. The summed E-state index contributed by atoms with van der Waals surface area (Å²) in [4.78, 5) is 2.42. The lowest BCUT2D eigenvalue weighted by atomic mass is 9.70. The molecule has 0 N–H and O–H groups in total. The van der Waals surface area contributed by atoms with E-state index < -0.39 is 0 Å². The smallest absolute Gasteiger partial charge is 0.00116 e. The predicted octanol–water partition coefficient (Wildman–Crippen LogP) is 3.23. The second-order valence-corrected chi connectivity index (χ2v) is 4.94. The Morgan fingerprint density at radius 2 is 1.88 bits per heavy atom. The number of allylic oxidation sites excluding steroid dienone is 1. The number of likely N-dealkylation sites (tertiary alicyclic amines) is 1. The number of rotatable bonds is 3. The maximum atomic E-state index is 3.93. The minimum absolute atomic E-state index is 0.343. The molecule has 0 amide bonds. The third-order valence-electron chi connectivity index (χ3n) is 3.87. The van der Waals surface area contributed by atoms with Crippen molar-refractivity contribution < 1.29 is 0 Å². The molecule has 0 saturated carbocycles. The van der Waals surface area contributed by atoms with Crippen molar-refractivity contribution in [2.24, 2.45) is 0 Å². The number of benzene rings is 1. The summed E-state index contributed by atoms with van der Waals surface area (Å²) >= 11 is 0. The molecular weight excluding hydrogens is 194 g/mol. The average Bonchev–Trinajstić information content (AvgIpc) is 2.34. The van der Waals surface area contributed by atoms with Gasteiger partial charge in [0.2, 0.25) is 0 Å². The molecule has 1 aliphatic heterocycles. The molecule has 0 bridgehead atoms. The topological polar surface area (TPSA) is 3.24 Å². The lowest BCUT2D eigenvalue weighted by Crippen LogP contribution is -2.40. The molecule has 0 unspecified atom stereocenters. The van der Waals surface area contributed by atoms with E-state index in [1.807, 2.05) is 0 Å². The lowest BCUT2D eigenvalue weighted by molar-refractivity contribution is 0.188. The summed E-state index contributed by atoms with van der Waals surface area (Å²) in [5.74, 6) is 0. The molecule has 0 spiro atoms. The van der Waals surface area contributed by atoms with Gasteiger partial charge in [-0.25, -0.2) is 0 Å². The molecule has 1 aliphatic rings. The van der Waals surface area contributed by atoms with Gasteiger partial charge in [0.1, 0.15) is 0 Å². The van der Waals surface area contributed by atoms with Crippen LogP contribution in [0.5, 0.6) is 0 Å². The van der Waals surface area contributed by atoms with E-state index in [4.69, 9.17) is 0 Å². The van der Waals surface area contributed by atoms with Crippen molar-refractivity contribution in [2.75, 3.05) is 20.1 Å². The number of hydrogen-bond donors (Lipinski definition) is 0. The summed E-state index contributed by atoms with van der Waals surface area (Å²) in [5, 5.41) is 0. The normalized spacial score (nSPS) is 20.6. The summed E-state index contributed by atoms with van der Waals surface area (Å²) in [7, 11) is 2.21. The molecule has 0 aliphatic carbocycles. The zero-order chi connectivity index (χ0) is 11.4. The molecule has 0 radical (unpaired) electrons. The first-order chi connectivity index (χ1) is 7.77. The van der Waals surface area contributed by atoms with Crippen molar-refractivity contribution in [1.29, 1.82) is 0 Å². The van der Waals surface area contributed by atoms with Gasteiger partial charge < -0.3 is 4.90 Å². The van der Waals surface area contributed by atoms with Crippen molar-refractivity contribution in [3.05, 3.63) is 48.6 Å². The summed E-state index contributed by atoms with van der Waals surface area (Å²) in [6.07, 6.45) is 5.68. The molecule has 1 saturated heterocycles. The van der Waals surface area contributed by atoms with Crippen LogP contribution in [0.1, 0.15) is 24.8 Å². The fourth-order valence-electron chi connectivity index (χ4n) is 2.73. The van der Waals surface area contributed by atoms with Crippen molar-refractivity contribution in [1.82, 2.24) is 4.90 Å². The molecule has 2 rings (SSSR count). The predicted molar refractivity (Wildman–Crippen MR) is 69.7 cm³/mol. The van der Waals surface area contributed by atoms with Gasteiger partial charge in [0.25, 0.3) is 0 Å². The van der Waals surface area contributed by atoms with Gasteiger partial charge in [0.15, 0.2) is 0 Å². The van der Waals surface area contributed by atoms with Crippen molar-refractivity contribution in [3.63, 3.8) is 0 Å². The molecule has 86 valence electrons. The fraction of sp³-hybridized carbons (Fsp3) is 0.467. The van der Waals surface area contributed by atoms with E-state index in [1.165, 1.54) is 31.5 Å². The first kappa shape index (κ1) is 11.4. The van der Waals surface area contributed by atoms with Gasteiger partial charge in [-0.05, 0) is 45.0 Å². The Labute approximate surface area is 98.8 Å². The van der Waals surface area contributed by atoms with Gasteiger partial charge in [-0.2, -0.15) is 0 Å². The first-order valence-electron chi connectivity index (χ1n) is 6.12. The third kappa shape index (κ3) is 2.19. The van der Waals surface area contributed by atoms with Crippen LogP contribution in [-0.4, -0.2) is 25.0 Å².